The van der Waals surface area contributed by atoms with Gasteiger partial charge in [-0.1, -0.05) is 20.8 Å². The van der Waals surface area contributed by atoms with E-state index in [9.17, 15) is 9.59 Å². The molecule has 1 heterocycles. The van der Waals surface area contributed by atoms with E-state index in [1.807, 2.05) is 13.8 Å². The van der Waals surface area contributed by atoms with Crippen molar-refractivity contribution in [1.82, 2.24) is 10.2 Å². The second-order valence-corrected chi connectivity index (χ2v) is 5.74. The first kappa shape index (κ1) is 14.0. The Balaban J connectivity index is 3.10. The minimum absolute atomic E-state index is 0.0187. The van der Waals surface area contributed by atoms with Crippen molar-refractivity contribution in [2.75, 3.05) is 0 Å². The van der Waals surface area contributed by atoms with Crippen LogP contribution < -0.4 is 5.32 Å². The molecule has 4 heteroatoms. The lowest BCUT2D eigenvalue weighted by Gasteiger charge is -2.46. The largest absolute Gasteiger partial charge is 0.340 e. The second kappa shape index (κ2) is 4.67. The summed E-state index contributed by atoms with van der Waals surface area (Å²) in [5, 5.41) is 2.80. The summed E-state index contributed by atoms with van der Waals surface area (Å²) >= 11 is 0. The zero-order valence-corrected chi connectivity index (χ0v) is 11.7. The van der Waals surface area contributed by atoms with Gasteiger partial charge in [0.2, 0.25) is 11.8 Å². The van der Waals surface area contributed by atoms with E-state index in [-0.39, 0.29) is 23.9 Å². The molecule has 1 rings (SSSR count). The number of carbonyl (C=O) groups is 2. The number of nitrogens with zero attached hydrogens (tertiary/aromatic N) is 1. The number of piperazine rings is 1. The van der Waals surface area contributed by atoms with Crippen molar-refractivity contribution in [3.05, 3.63) is 0 Å². The predicted molar refractivity (Wildman–Crippen MR) is 67.4 cm³/mol. The first-order chi connectivity index (χ1) is 7.72. The van der Waals surface area contributed by atoms with Crippen LogP contribution >= 0.6 is 0 Å². The highest BCUT2D eigenvalue weighted by atomic mass is 16.2. The first-order valence-corrected chi connectivity index (χ1v) is 6.37. The maximum absolute atomic E-state index is 12.4. The van der Waals surface area contributed by atoms with Crippen LogP contribution in [-0.2, 0) is 9.59 Å². The number of amides is 2. The minimum atomic E-state index is -0.786. The molecule has 98 valence electrons. The maximum Gasteiger partial charge on any atom is 0.248 e. The Labute approximate surface area is 104 Å². The van der Waals surface area contributed by atoms with Gasteiger partial charge < -0.3 is 10.2 Å². The normalized spacial score (nSPS) is 26.1. The highest BCUT2D eigenvalue weighted by Crippen LogP contribution is 2.25. The molecule has 1 fully saturated rings. The van der Waals surface area contributed by atoms with Crippen LogP contribution in [0.5, 0.6) is 0 Å². The molecular weight excluding hydrogens is 216 g/mol. The highest BCUT2D eigenvalue weighted by Gasteiger charge is 2.46. The molecule has 0 saturated carbocycles. The van der Waals surface area contributed by atoms with Gasteiger partial charge in [-0.2, -0.15) is 0 Å². The fourth-order valence-electron chi connectivity index (χ4n) is 2.21. The van der Waals surface area contributed by atoms with Gasteiger partial charge in [-0.05, 0) is 33.1 Å². The lowest BCUT2D eigenvalue weighted by Crippen LogP contribution is -2.70. The van der Waals surface area contributed by atoms with Crippen molar-refractivity contribution in [2.45, 2.75) is 65.6 Å². The van der Waals surface area contributed by atoms with Crippen LogP contribution in [0.1, 0.15) is 48.0 Å². The first-order valence-electron chi connectivity index (χ1n) is 6.37. The molecule has 1 saturated heterocycles. The summed E-state index contributed by atoms with van der Waals surface area (Å²) in [6.07, 6.45) is 0.657. The average Bonchev–Trinajstić information content (AvgIpc) is 2.21. The molecule has 0 bridgehead atoms. The fourth-order valence-corrected chi connectivity index (χ4v) is 2.21. The summed E-state index contributed by atoms with van der Waals surface area (Å²) in [6, 6.07) is -0.245. The Kier molecular flexibility index (Phi) is 3.84. The molecule has 0 aliphatic carbocycles. The lowest BCUT2D eigenvalue weighted by atomic mass is 9.91. The molecule has 1 aliphatic heterocycles. The molecule has 0 radical (unpaired) electrons. The van der Waals surface area contributed by atoms with Gasteiger partial charge in [0.05, 0.1) is 0 Å². The van der Waals surface area contributed by atoms with Crippen molar-refractivity contribution < 1.29 is 9.59 Å². The Morgan fingerprint density at radius 1 is 1.29 bits per heavy atom. The highest BCUT2D eigenvalue weighted by molar-refractivity contribution is 5.99. The second-order valence-electron chi connectivity index (χ2n) is 5.74. The molecule has 0 aromatic heterocycles. The van der Waals surface area contributed by atoms with E-state index in [1.165, 1.54) is 0 Å². The lowest BCUT2D eigenvalue weighted by molar-refractivity contribution is -0.157. The standard InChI is InChI=1S/C13H24N2O2/c1-7-10-11(16)14-13(5,6)12(17)15(10)9(4)8(2)3/h8-10H,7H2,1-6H3,(H,14,16). The van der Waals surface area contributed by atoms with Crippen molar-refractivity contribution in [1.29, 1.82) is 0 Å². The molecule has 4 nitrogen and oxygen atoms in total. The summed E-state index contributed by atoms with van der Waals surface area (Å²) in [4.78, 5) is 26.2. The zero-order valence-electron chi connectivity index (χ0n) is 11.7. The van der Waals surface area contributed by atoms with Crippen LogP contribution in [0.2, 0.25) is 0 Å². The van der Waals surface area contributed by atoms with E-state index in [0.29, 0.717) is 12.3 Å². The van der Waals surface area contributed by atoms with Crippen molar-refractivity contribution in [3.8, 4) is 0 Å². The molecule has 2 amide bonds. The van der Waals surface area contributed by atoms with Gasteiger partial charge in [0.1, 0.15) is 11.6 Å². The molecule has 0 aromatic carbocycles. The van der Waals surface area contributed by atoms with Gasteiger partial charge in [0.25, 0.3) is 0 Å². The van der Waals surface area contributed by atoms with Gasteiger partial charge in [-0.25, -0.2) is 0 Å². The van der Waals surface area contributed by atoms with E-state index in [0.717, 1.165) is 0 Å². The van der Waals surface area contributed by atoms with E-state index in [2.05, 4.69) is 19.2 Å². The molecular formula is C13H24N2O2. The van der Waals surface area contributed by atoms with Gasteiger partial charge in [0, 0.05) is 6.04 Å². The maximum atomic E-state index is 12.4. The minimum Gasteiger partial charge on any atom is -0.340 e. The summed E-state index contributed by atoms with van der Waals surface area (Å²) in [7, 11) is 0. The van der Waals surface area contributed by atoms with Crippen LogP contribution in [0.4, 0.5) is 0 Å². The van der Waals surface area contributed by atoms with Crippen LogP contribution in [-0.4, -0.2) is 34.3 Å². The number of hydrogen-bond donors (Lipinski definition) is 1. The summed E-state index contributed by atoms with van der Waals surface area (Å²) in [5.74, 6) is 0.324. The SMILES string of the molecule is CCC1C(=O)NC(C)(C)C(=O)N1C(C)C(C)C. The Hall–Kier alpha value is -1.06. The molecule has 0 aromatic rings. The van der Waals surface area contributed by atoms with Crippen molar-refractivity contribution in [3.63, 3.8) is 0 Å². The van der Waals surface area contributed by atoms with Crippen molar-refractivity contribution in [2.24, 2.45) is 5.92 Å². The molecule has 2 unspecified atom stereocenters. The molecule has 1 aliphatic rings. The van der Waals surface area contributed by atoms with E-state index < -0.39 is 5.54 Å². The van der Waals surface area contributed by atoms with E-state index >= 15 is 0 Å². The summed E-state index contributed by atoms with van der Waals surface area (Å²) in [6.45, 7) is 11.6. The van der Waals surface area contributed by atoms with Gasteiger partial charge in [-0.3, -0.25) is 9.59 Å². The Morgan fingerprint density at radius 3 is 2.24 bits per heavy atom. The summed E-state index contributed by atoms with van der Waals surface area (Å²) in [5.41, 5.74) is -0.786. The summed E-state index contributed by atoms with van der Waals surface area (Å²) < 4.78 is 0. The van der Waals surface area contributed by atoms with Gasteiger partial charge in [0.15, 0.2) is 0 Å². The van der Waals surface area contributed by atoms with E-state index in [4.69, 9.17) is 0 Å². The third-order valence-corrected chi connectivity index (χ3v) is 3.63. The third kappa shape index (κ3) is 2.45. The fraction of sp³-hybridized carbons (Fsp3) is 0.846. The average molecular weight is 240 g/mol. The Bertz CT molecular complexity index is 323. The number of hydrogen-bond acceptors (Lipinski definition) is 2. The van der Waals surface area contributed by atoms with E-state index in [1.54, 1.807) is 18.7 Å². The molecule has 0 spiro atoms. The third-order valence-electron chi connectivity index (χ3n) is 3.63. The van der Waals surface area contributed by atoms with Crippen LogP contribution in [0, 0.1) is 5.92 Å². The zero-order chi connectivity index (χ0) is 13.4. The van der Waals surface area contributed by atoms with Crippen LogP contribution in [0.25, 0.3) is 0 Å². The molecule has 1 N–H and O–H groups in total. The Morgan fingerprint density at radius 2 is 1.82 bits per heavy atom. The van der Waals surface area contributed by atoms with Crippen LogP contribution in [0.15, 0.2) is 0 Å². The number of carbonyl (C=O) groups excluding carboxylic acids is 2. The topological polar surface area (TPSA) is 49.4 Å². The molecule has 17 heavy (non-hydrogen) atoms. The van der Waals surface area contributed by atoms with Gasteiger partial charge in [-0.15, -0.1) is 0 Å². The number of nitrogens with one attached hydrogen (secondary N) is 1. The number of rotatable bonds is 3. The van der Waals surface area contributed by atoms with Crippen LogP contribution in [0.3, 0.4) is 0 Å². The molecule has 2 atom stereocenters. The van der Waals surface area contributed by atoms with Crippen molar-refractivity contribution >= 4 is 11.8 Å². The van der Waals surface area contributed by atoms with Gasteiger partial charge >= 0.3 is 0 Å². The smallest absolute Gasteiger partial charge is 0.248 e. The quantitative estimate of drug-likeness (QED) is 0.813. The predicted octanol–water partition coefficient (Wildman–Crippen LogP) is 1.55. The monoisotopic (exact) mass is 240 g/mol.